The van der Waals surface area contributed by atoms with E-state index in [1.54, 1.807) is 24.3 Å². The molecule has 0 saturated carbocycles. The molecule has 5 heteroatoms. The van der Waals surface area contributed by atoms with Crippen molar-refractivity contribution in [2.75, 3.05) is 5.32 Å². The first-order chi connectivity index (χ1) is 8.56. The summed E-state index contributed by atoms with van der Waals surface area (Å²) in [5, 5.41) is 2.79. The van der Waals surface area contributed by atoms with Gasteiger partial charge in [-0.2, -0.15) is 8.78 Å². The Morgan fingerprint density at radius 1 is 1.22 bits per heavy atom. The fourth-order valence-corrected chi connectivity index (χ4v) is 2.12. The SMILES string of the molecule is CCC(CC)C(=O)Nc1ccc(SC(F)F)cc1. The molecular formula is C13H17F2NOS. The Balaban J connectivity index is 2.60. The van der Waals surface area contributed by atoms with Crippen LogP contribution in [0.3, 0.4) is 0 Å². The number of carbonyl (C=O) groups is 1. The van der Waals surface area contributed by atoms with Gasteiger partial charge in [0, 0.05) is 16.5 Å². The molecule has 1 amide bonds. The molecular weight excluding hydrogens is 256 g/mol. The van der Waals surface area contributed by atoms with E-state index in [1.165, 1.54) is 0 Å². The van der Waals surface area contributed by atoms with Crippen LogP contribution < -0.4 is 5.32 Å². The maximum absolute atomic E-state index is 12.1. The van der Waals surface area contributed by atoms with Gasteiger partial charge in [-0.05, 0) is 37.1 Å². The summed E-state index contributed by atoms with van der Waals surface area (Å²) < 4.78 is 24.2. The normalized spacial score (nSPS) is 11.0. The molecule has 1 N–H and O–H groups in total. The number of benzene rings is 1. The van der Waals surface area contributed by atoms with Crippen LogP contribution in [-0.2, 0) is 4.79 Å². The van der Waals surface area contributed by atoms with Gasteiger partial charge in [0.1, 0.15) is 0 Å². The zero-order chi connectivity index (χ0) is 13.5. The molecule has 18 heavy (non-hydrogen) atoms. The standard InChI is InChI=1S/C13H17F2NOS/c1-3-9(4-2)12(17)16-10-5-7-11(8-6-10)18-13(14)15/h5-9,13H,3-4H2,1-2H3,(H,16,17). The zero-order valence-corrected chi connectivity index (χ0v) is 11.3. The van der Waals surface area contributed by atoms with Crippen molar-refractivity contribution in [3.05, 3.63) is 24.3 Å². The Morgan fingerprint density at radius 2 is 1.78 bits per heavy atom. The Morgan fingerprint density at radius 3 is 2.22 bits per heavy atom. The number of anilines is 1. The molecule has 1 aromatic rings. The van der Waals surface area contributed by atoms with Crippen LogP contribution in [0.15, 0.2) is 29.2 Å². The number of amides is 1. The van der Waals surface area contributed by atoms with Crippen LogP contribution in [0, 0.1) is 5.92 Å². The molecule has 0 aromatic heterocycles. The van der Waals surface area contributed by atoms with Crippen LogP contribution in [-0.4, -0.2) is 11.7 Å². The summed E-state index contributed by atoms with van der Waals surface area (Å²) in [6.45, 7) is 3.94. The van der Waals surface area contributed by atoms with Crippen LogP contribution in [0.4, 0.5) is 14.5 Å². The van der Waals surface area contributed by atoms with Crippen molar-refractivity contribution in [3.63, 3.8) is 0 Å². The van der Waals surface area contributed by atoms with Gasteiger partial charge in [0.05, 0.1) is 0 Å². The van der Waals surface area contributed by atoms with Crippen LogP contribution in [0.1, 0.15) is 26.7 Å². The van der Waals surface area contributed by atoms with E-state index in [1.807, 2.05) is 13.8 Å². The van der Waals surface area contributed by atoms with Crippen molar-refractivity contribution in [1.29, 1.82) is 0 Å². The second-order valence-electron chi connectivity index (χ2n) is 3.91. The first kappa shape index (κ1) is 15.0. The zero-order valence-electron chi connectivity index (χ0n) is 10.5. The molecule has 0 bridgehead atoms. The molecule has 1 rings (SSSR count). The van der Waals surface area contributed by atoms with Gasteiger partial charge in [0.25, 0.3) is 5.76 Å². The van der Waals surface area contributed by atoms with E-state index in [2.05, 4.69) is 5.32 Å². The molecule has 0 unspecified atom stereocenters. The average Bonchev–Trinajstić information content (AvgIpc) is 2.32. The van der Waals surface area contributed by atoms with Gasteiger partial charge in [0.15, 0.2) is 0 Å². The topological polar surface area (TPSA) is 29.1 Å². The number of hydrogen-bond acceptors (Lipinski definition) is 2. The monoisotopic (exact) mass is 273 g/mol. The lowest BCUT2D eigenvalue weighted by atomic mass is 10.0. The summed E-state index contributed by atoms with van der Waals surface area (Å²) in [5.74, 6) is -2.44. The third kappa shape index (κ3) is 4.64. The number of rotatable bonds is 6. The highest BCUT2D eigenvalue weighted by Crippen LogP contribution is 2.26. The van der Waals surface area contributed by atoms with Gasteiger partial charge in [-0.1, -0.05) is 25.6 Å². The summed E-state index contributed by atoms with van der Waals surface area (Å²) in [6.07, 6.45) is 1.59. The second kappa shape index (κ2) is 7.36. The van der Waals surface area contributed by atoms with E-state index in [0.29, 0.717) is 22.3 Å². The van der Waals surface area contributed by atoms with Crippen LogP contribution >= 0.6 is 11.8 Å². The number of hydrogen-bond donors (Lipinski definition) is 1. The third-order valence-electron chi connectivity index (χ3n) is 2.70. The largest absolute Gasteiger partial charge is 0.326 e. The lowest BCUT2D eigenvalue weighted by Gasteiger charge is -2.12. The molecule has 1 aromatic carbocycles. The second-order valence-corrected chi connectivity index (χ2v) is 4.97. The van der Waals surface area contributed by atoms with E-state index in [4.69, 9.17) is 0 Å². The lowest BCUT2D eigenvalue weighted by molar-refractivity contribution is -0.120. The quantitative estimate of drug-likeness (QED) is 0.779. The molecule has 0 aliphatic rings. The van der Waals surface area contributed by atoms with Crippen molar-refractivity contribution in [1.82, 2.24) is 0 Å². The van der Waals surface area contributed by atoms with E-state index >= 15 is 0 Å². The highest BCUT2D eigenvalue weighted by atomic mass is 32.2. The summed E-state index contributed by atoms with van der Waals surface area (Å²) in [4.78, 5) is 12.3. The van der Waals surface area contributed by atoms with Gasteiger partial charge in [-0.3, -0.25) is 4.79 Å². The summed E-state index contributed by atoms with van der Waals surface area (Å²) in [7, 11) is 0. The molecule has 0 heterocycles. The smallest absolute Gasteiger partial charge is 0.288 e. The summed E-state index contributed by atoms with van der Waals surface area (Å²) >= 11 is 0.495. The van der Waals surface area contributed by atoms with Crippen LogP contribution in [0.5, 0.6) is 0 Å². The number of halogens is 2. The Hall–Kier alpha value is -1.10. The van der Waals surface area contributed by atoms with Crippen molar-refractivity contribution in [3.8, 4) is 0 Å². The maximum Gasteiger partial charge on any atom is 0.288 e. The minimum atomic E-state index is -2.42. The summed E-state index contributed by atoms with van der Waals surface area (Å²) in [6, 6.07) is 6.45. The molecule has 0 spiro atoms. The van der Waals surface area contributed by atoms with Gasteiger partial charge in [-0.25, -0.2) is 0 Å². The Bertz CT molecular complexity index is 377. The first-order valence-electron chi connectivity index (χ1n) is 5.92. The van der Waals surface area contributed by atoms with Crippen LogP contribution in [0.2, 0.25) is 0 Å². The Kier molecular flexibility index (Phi) is 6.12. The molecule has 0 fully saturated rings. The van der Waals surface area contributed by atoms with Crippen molar-refractivity contribution in [2.45, 2.75) is 37.3 Å². The maximum atomic E-state index is 12.1. The fourth-order valence-electron chi connectivity index (χ4n) is 1.62. The number of alkyl halides is 2. The molecule has 0 atom stereocenters. The van der Waals surface area contributed by atoms with Crippen molar-refractivity contribution in [2.24, 2.45) is 5.92 Å². The van der Waals surface area contributed by atoms with E-state index < -0.39 is 5.76 Å². The first-order valence-corrected chi connectivity index (χ1v) is 6.80. The molecule has 0 saturated heterocycles. The van der Waals surface area contributed by atoms with E-state index in [-0.39, 0.29) is 11.8 Å². The minimum absolute atomic E-state index is 0.000107. The Labute approximate surface area is 110 Å². The molecule has 2 nitrogen and oxygen atoms in total. The highest BCUT2D eigenvalue weighted by molar-refractivity contribution is 7.99. The van der Waals surface area contributed by atoms with Gasteiger partial charge in [-0.15, -0.1) is 0 Å². The van der Waals surface area contributed by atoms with E-state index in [0.717, 1.165) is 12.8 Å². The fraction of sp³-hybridized carbons (Fsp3) is 0.462. The molecule has 0 aliphatic carbocycles. The molecule has 0 radical (unpaired) electrons. The van der Waals surface area contributed by atoms with Crippen molar-refractivity contribution < 1.29 is 13.6 Å². The minimum Gasteiger partial charge on any atom is -0.326 e. The van der Waals surface area contributed by atoms with Crippen molar-refractivity contribution >= 4 is 23.4 Å². The predicted octanol–water partition coefficient (Wildman–Crippen LogP) is 4.38. The number of nitrogens with one attached hydrogen (secondary N) is 1. The average molecular weight is 273 g/mol. The third-order valence-corrected chi connectivity index (χ3v) is 3.43. The van der Waals surface area contributed by atoms with Crippen LogP contribution in [0.25, 0.3) is 0 Å². The highest BCUT2D eigenvalue weighted by Gasteiger charge is 2.14. The molecule has 0 aliphatic heterocycles. The number of carbonyl (C=O) groups excluding carboxylic acids is 1. The van der Waals surface area contributed by atoms with E-state index in [9.17, 15) is 13.6 Å². The number of thioether (sulfide) groups is 1. The lowest BCUT2D eigenvalue weighted by Crippen LogP contribution is -2.21. The summed E-state index contributed by atoms with van der Waals surface area (Å²) in [5.41, 5.74) is 0.644. The predicted molar refractivity (Wildman–Crippen MR) is 71.0 cm³/mol. The van der Waals surface area contributed by atoms with Gasteiger partial charge >= 0.3 is 0 Å². The van der Waals surface area contributed by atoms with Gasteiger partial charge < -0.3 is 5.32 Å². The molecule has 100 valence electrons. The van der Waals surface area contributed by atoms with Gasteiger partial charge in [0.2, 0.25) is 5.91 Å².